The number of hydrogen-bond donors (Lipinski definition) is 3. The smallest absolute Gasteiger partial charge is 0.233 e. The number of aromatic amines is 1. The number of hydrogen-bond acceptors (Lipinski definition) is 3. The molecule has 0 unspecified atom stereocenters. The van der Waals surface area contributed by atoms with Crippen molar-refractivity contribution >= 4 is 34.9 Å². The number of benzene rings is 1. The second-order valence-electron chi connectivity index (χ2n) is 6.17. The van der Waals surface area contributed by atoms with Crippen LogP contribution in [0, 0.1) is 12.3 Å². The fourth-order valence-electron chi connectivity index (χ4n) is 3.24. The molecule has 2 aromatic rings. The first-order valence-corrected chi connectivity index (χ1v) is 7.73. The highest BCUT2D eigenvalue weighted by atomic mass is 35.5. The molecule has 0 aliphatic carbocycles. The van der Waals surface area contributed by atoms with E-state index in [-0.39, 0.29) is 18.3 Å². The summed E-state index contributed by atoms with van der Waals surface area (Å²) in [5, 5.41) is 7.49. The molecule has 0 spiro atoms. The predicted octanol–water partition coefficient (Wildman–Crippen LogP) is 2.85. The minimum Gasteiger partial charge on any atom is -0.384 e. The van der Waals surface area contributed by atoms with Gasteiger partial charge in [-0.05, 0) is 57.1 Å². The van der Waals surface area contributed by atoms with Crippen molar-refractivity contribution in [2.75, 3.05) is 32.1 Å². The molecule has 3 N–H and O–H groups in total. The van der Waals surface area contributed by atoms with E-state index in [1.54, 1.807) is 7.11 Å². The van der Waals surface area contributed by atoms with Crippen molar-refractivity contribution in [3.05, 3.63) is 30.0 Å². The third-order valence-electron chi connectivity index (χ3n) is 4.48. The maximum atomic E-state index is 12.8. The normalized spacial score (nSPS) is 16.8. The molecule has 126 valence electrons. The monoisotopic (exact) mass is 337 g/mol. The molecule has 1 aromatic heterocycles. The first kappa shape index (κ1) is 17.8. The number of carbonyl (C=O) groups is 1. The number of aromatic nitrogens is 1. The molecule has 6 heteroatoms. The summed E-state index contributed by atoms with van der Waals surface area (Å²) in [6, 6.07) is 8.04. The van der Waals surface area contributed by atoms with Crippen molar-refractivity contribution in [2.24, 2.45) is 5.41 Å². The zero-order chi connectivity index (χ0) is 15.6. The summed E-state index contributed by atoms with van der Waals surface area (Å²) in [4.78, 5) is 16.1. The van der Waals surface area contributed by atoms with Gasteiger partial charge in [0.1, 0.15) is 0 Å². The number of anilines is 1. The average Bonchev–Trinajstić information content (AvgIpc) is 2.88. The fourth-order valence-corrected chi connectivity index (χ4v) is 3.24. The molecule has 3 rings (SSSR count). The van der Waals surface area contributed by atoms with Crippen LogP contribution in [-0.4, -0.2) is 37.7 Å². The number of ether oxygens (including phenoxy) is 1. The lowest BCUT2D eigenvalue weighted by Gasteiger charge is -2.35. The van der Waals surface area contributed by atoms with Gasteiger partial charge in [0, 0.05) is 29.4 Å². The average molecular weight is 338 g/mol. The number of methoxy groups -OCH3 is 1. The van der Waals surface area contributed by atoms with E-state index in [1.807, 2.05) is 25.1 Å². The van der Waals surface area contributed by atoms with E-state index in [0.717, 1.165) is 48.2 Å². The van der Waals surface area contributed by atoms with Gasteiger partial charge in [-0.1, -0.05) is 0 Å². The van der Waals surface area contributed by atoms with Crippen LogP contribution in [0.4, 0.5) is 5.69 Å². The van der Waals surface area contributed by atoms with Crippen molar-refractivity contribution < 1.29 is 9.53 Å². The highest BCUT2D eigenvalue weighted by Crippen LogP contribution is 2.31. The number of halogens is 1. The molecule has 5 nitrogen and oxygen atoms in total. The van der Waals surface area contributed by atoms with Gasteiger partial charge < -0.3 is 20.4 Å². The van der Waals surface area contributed by atoms with Gasteiger partial charge in [0.05, 0.1) is 12.0 Å². The Kier molecular flexibility index (Phi) is 5.68. The van der Waals surface area contributed by atoms with Crippen molar-refractivity contribution in [3.63, 3.8) is 0 Å². The van der Waals surface area contributed by atoms with Gasteiger partial charge in [-0.15, -0.1) is 12.4 Å². The number of nitrogens with one attached hydrogen (secondary N) is 3. The number of carbonyl (C=O) groups excluding carboxylic acids is 1. The molecule has 1 fully saturated rings. The summed E-state index contributed by atoms with van der Waals surface area (Å²) < 4.78 is 5.32. The molecule has 1 amide bonds. The van der Waals surface area contributed by atoms with Crippen molar-refractivity contribution in [1.29, 1.82) is 0 Å². The standard InChI is InChI=1S/C17H23N3O2.ClH/c1-12-9-13-10-14(3-4-15(13)19-12)20-16(21)17(11-22-2)5-7-18-8-6-17;/h3-4,9-10,18-19H,5-8,11H2,1-2H3,(H,20,21);1H. The first-order chi connectivity index (χ1) is 10.6. The Balaban J connectivity index is 0.00000192. The lowest BCUT2D eigenvalue weighted by Crippen LogP contribution is -2.47. The Morgan fingerprint density at radius 3 is 2.74 bits per heavy atom. The number of aryl methyl sites for hydroxylation is 1. The first-order valence-electron chi connectivity index (χ1n) is 7.73. The maximum Gasteiger partial charge on any atom is 0.233 e. The van der Waals surface area contributed by atoms with Crippen molar-refractivity contribution in [1.82, 2.24) is 10.3 Å². The molecule has 1 aromatic carbocycles. The Morgan fingerprint density at radius 1 is 1.30 bits per heavy atom. The van der Waals surface area contributed by atoms with Crippen molar-refractivity contribution in [2.45, 2.75) is 19.8 Å². The molecule has 0 bridgehead atoms. The third-order valence-corrected chi connectivity index (χ3v) is 4.48. The number of H-pyrrole nitrogens is 1. The van der Waals surface area contributed by atoms with Crippen LogP contribution in [0.15, 0.2) is 24.3 Å². The Labute approximate surface area is 142 Å². The summed E-state index contributed by atoms with van der Waals surface area (Å²) in [5.41, 5.74) is 2.62. The van der Waals surface area contributed by atoms with Crippen LogP contribution in [0.1, 0.15) is 18.5 Å². The number of amides is 1. The van der Waals surface area contributed by atoms with Crippen LogP contribution in [-0.2, 0) is 9.53 Å². The summed E-state index contributed by atoms with van der Waals surface area (Å²) in [5.74, 6) is 0.0578. The second-order valence-corrected chi connectivity index (χ2v) is 6.17. The topological polar surface area (TPSA) is 66.1 Å². The molecule has 0 saturated carbocycles. The summed E-state index contributed by atoms with van der Waals surface area (Å²) in [7, 11) is 1.66. The van der Waals surface area contributed by atoms with Gasteiger partial charge in [-0.2, -0.15) is 0 Å². The zero-order valence-electron chi connectivity index (χ0n) is 13.6. The Morgan fingerprint density at radius 2 is 2.04 bits per heavy atom. The van der Waals surface area contributed by atoms with E-state index in [9.17, 15) is 4.79 Å². The summed E-state index contributed by atoms with van der Waals surface area (Å²) in [6.07, 6.45) is 1.61. The van der Waals surface area contributed by atoms with Crippen molar-refractivity contribution in [3.8, 4) is 0 Å². The van der Waals surface area contributed by atoms with Crippen LogP contribution in [0.25, 0.3) is 10.9 Å². The molecule has 0 atom stereocenters. The molecule has 1 saturated heterocycles. The Hall–Kier alpha value is -1.56. The van der Waals surface area contributed by atoms with E-state index in [4.69, 9.17) is 4.74 Å². The van der Waals surface area contributed by atoms with Crippen LogP contribution in [0.5, 0.6) is 0 Å². The minimum atomic E-state index is -0.428. The molecular formula is C17H24ClN3O2. The highest BCUT2D eigenvalue weighted by molar-refractivity contribution is 5.97. The minimum absolute atomic E-state index is 0. The van der Waals surface area contributed by atoms with E-state index < -0.39 is 5.41 Å². The van der Waals surface area contributed by atoms with Gasteiger partial charge in [-0.25, -0.2) is 0 Å². The van der Waals surface area contributed by atoms with E-state index in [1.165, 1.54) is 0 Å². The predicted molar refractivity (Wildman–Crippen MR) is 95.3 cm³/mol. The lowest BCUT2D eigenvalue weighted by atomic mass is 9.78. The van der Waals surface area contributed by atoms with Gasteiger partial charge in [-0.3, -0.25) is 4.79 Å². The molecule has 23 heavy (non-hydrogen) atoms. The maximum absolute atomic E-state index is 12.8. The van der Waals surface area contributed by atoms with Crippen LogP contribution in [0.2, 0.25) is 0 Å². The van der Waals surface area contributed by atoms with Gasteiger partial charge in [0.2, 0.25) is 5.91 Å². The van der Waals surface area contributed by atoms with E-state index in [0.29, 0.717) is 6.61 Å². The Bertz CT molecular complexity index is 672. The van der Waals surface area contributed by atoms with E-state index >= 15 is 0 Å². The van der Waals surface area contributed by atoms with E-state index in [2.05, 4.69) is 21.7 Å². The summed E-state index contributed by atoms with van der Waals surface area (Å²) >= 11 is 0. The quantitative estimate of drug-likeness (QED) is 0.803. The highest BCUT2D eigenvalue weighted by Gasteiger charge is 2.39. The SMILES string of the molecule is COCC1(C(=O)Nc2ccc3[nH]c(C)cc3c2)CCNCC1.Cl. The van der Waals surface area contributed by atoms with Crippen LogP contribution >= 0.6 is 12.4 Å². The number of fused-ring (bicyclic) bond motifs is 1. The molecule has 0 radical (unpaired) electrons. The molecule has 1 aliphatic heterocycles. The lowest BCUT2D eigenvalue weighted by molar-refractivity contribution is -0.130. The van der Waals surface area contributed by atoms with Gasteiger partial charge in [0.25, 0.3) is 0 Å². The largest absolute Gasteiger partial charge is 0.384 e. The zero-order valence-corrected chi connectivity index (χ0v) is 14.4. The van der Waals surface area contributed by atoms with Crippen LogP contribution in [0.3, 0.4) is 0 Å². The molecule has 1 aliphatic rings. The summed E-state index contributed by atoms with van der Waals surface area (Å²) in [6.45, 7) is 4.20. The second kappa shape index (κ2) is 7.34. The number of rotatable bonds is 4. The fraction of sp³-hybridized carbons (Fsp3) is 0.471. The molecular weight excluding hydrogens is 314 g/mol. The third kappa shape index (κ3) is 3.68. The van der Waals surface area contributed by atoms with Gasteiger partial charge in [0.15, 0.2) is 0 Å². The van der Waals surface area contributed by atoms with Gasteiger partial charge >= 0.3 is 0 Å². The number of piperidine rings is 1. The molecule has 2 heterocycles. The van der Waals surface area contributed by atoms with Crippen LogP contribution < -0.4 is 10.6 Å².